The lowest BCUT2D eigenvalue weighted by molar-refractivity contribution is -0.119. The predicted octanol–water partition coefficient (Wildman–Crippen LogP) is 5.13. The van der Waals surface area contributed by atoms with Gasteiger partial charge in [0.25, 0.3) is 5.91 Å². The van der Waals surface area contributed by atoms with Crippen molar-refractivity contribution in [3.05, 3.63) is 76.1 Å². The smallest absolute Gasteiger partial charge is 0.269 e. The van der Waals surface area contributed by atoms with Crippen LogP contribution < -0.4 is 10.6 Å². The fourth-order valence-corrected chi connectivity index (χ4v) is 4.63. The average Bonchev–Trinajstić information content (AvgIpc) is 3.40. The van der Waals surface area contributed by atoms with Gasteiger partial charge in [-0.3, -0.25) is 14.9 Å². The van der Waals surface area contributed by atoms with Crippen molar-refractivity contribution in [1.29, 1.82) is 0 Å². The molecule has 0 fully saturated rings. The lowest BCUT2D eigenvalue weighted by atomic mass is 10.1. The zero-order valence-corrected chi connectivity index (χ0v) is 18.6. The summed E-state index contributed by atoms with van der Waals surface area (Å²) in [7, 11) is 0. The number of aromatic nitrogens is 2. The van der Waals surface area contributed by atoms with Crippen molar-refractivity contribution in [3.8, 4) is 21.8 Å². The Labute approximate surface area is 188 Å². The average molecular weight is 449 g/mol. The molecule has 6 nitrogen and oxygen atoms in total. The van der Waals surface area contributed by atoms with Gasteiger partial charge in [0.1, 0.15) is 9.88 Å². The van der Waals surface area contributed by atoms with E-state index in [4.69, 9.17) is 0 Å². The summed E-state index contributed by atoms with van der Waals surface area (Å²) in [6, 6.07) is 17.6. The molecule has 8 heteroatoms. The summed E-state index contributed by atoms with van der Waals surface area (Å²) in [6.07, 6.45) is 0. The lowest BCUT2D eigenvalue weighted by Crippen LogP contribution is -2.18. The van der Waals surface area contributed by atoms with E-state index in [9.17, 15) is 9.59 Å². The minimum Gasteiger partial charge on any atom is -0.352 e. The van der Waals surface area contributed by atoms with Crippen molar-refractivity contribution < 1.29 is 9.59 Å². The molecule has 0 unspecified atom stereocenters. The second-order valence-corrected chi connectivity index (χ2v) is 8.76. The Morgan fingerprint density at radius 2 is 1.71 bits per heavy atom. The number of aryl methyl sites for hydroxylation is 1. The maximum Gasteiger partial charge on any atom is 0.269 e. The SMILES string of the molecule is CC(=O)NCc1ccc(-c2csc(NC(=O)c3sc(-c4ccccc4)nc3C)n2)cc1. The van der Waals surface area contributed by atoms with Crippen LogP contribution >= 0.6 is 22.7 Å². The van der Waals surface area contributed by atoms with Crippen molar-refractivity contribution >= 4 is 39.6 Å². The number of hydrogen-bond acceptors (Lipinski definition) is 6. The van der Waals surface area contributed by atoms with Gasteiger partial charge in [-0.15, -0.1) is 22.7 Å². The number of amides is 2. The number of benzene rings is 2. The highest BCUT2D eigenvalue weighted by Crippen LogP contribution is 2.30. The van der Waals surface area contributed by atoms with E-state index < -0.39 is 0 Å². The third kappa shape index (κ3) is 5.04. The number of hydrogen-bond donors (Lipinski definition) is 2. The van der Waals surface area contributed by atoms with Gasteiger partial charge in [0.05, 0.1) is 11.4 Å². The van der Waals surface area contributed by atoms with Crippen molar-refractivity contribution in [2.45, 2.75) is 20.4 Å². The Kier molecular flexibility index (Phi) is 6.20. The molecule has 0 radical (unpaired) electrons. The van der Waals surface area contributed by atoms with Crippen LogP contribution in [-0.4, -0.2) is 21.8 Å². The highest BCUT2D eigenvalue weighted by atomic mass is 32.1. The number of rotatable bonds is 6. The molecule has 156 valence electrons. The third-order valence-corrected chi connectivity index (χ3v) is 6.50. The molecule has 2 heterocycles. The first-order chi connectivity index (χ1) is 15.0. The van der Waals surface area contributed by atoms with E-state index in [0.29, 0.717) is 22.2 Å². The number of anilines is 1. The molecule has 0 aliphatic rings. The van der Waals surface area contributed by atoms with Crippen molar-refractivity contribution in [2.24, 2.45) is 0 Å². The Morgan fingerprint density at radius 1 is 0.968 bits per heavy atom. The molecule has 2 amide bonds. The Morgan fingerprint density at radius 3 is 2.42 bits per heavy atom. The summed E-state index contributed by atoms with van der Waals surface area (Å²) >= 11 is 2.75. The number of nitrogens with zero attached hydrogens (tertiary/aromatic N) is 2. The first-order valence-corrected chi connectivity index (χ1v) is 11.3. The van der Waals surface area contributed by atoms with Gasteiger partial charge in [-0.1, -0.05) is 54.6 Å². The van der Waals surface area contributed by atoms with E-state index in [1.165, 1.54) is 29.6 Å². The number of carbonyl (C=O) groups excluding carboxylic acids is 2. The monoisotopic (exact) mass is 448 g/mol. The highest BCUT2D eigenvalue weighted by molar-refractivity contribution is 7.17. The lowest BCUT2D eigenvalue weighted by Gasteiger charge is -2.03. The predicted molar refractivity (Wildman–Crippen MR) is 125 cm³/mol. The molecule has 0 atom stereocenters. The summed E-state index contributed by atoms with van der Waals surface area (Å²) in [6.45, 7) is 3.83. The summed E-state index contributed by atoms with van der Waals surface area (Å²) in [4.78, 5) is 33.5. The standard InChI is InChI=1S/C23H20N4O2S2/c1-14-20(31-22(25-14)18-6-4-3-5-7-18)21(29)27-23-26-19(13-30-23)17-10-8-16(9-11-17)12-24-15(2)28/h3-11,13H,12H2,1-2H3,(H,24,28)(H,26,27,29). The van der Waals surface area contributed by atoms with Crippen LogP contribution in [0.25, 0.3) is 21.8 Å². The van der Waals surface area contributed by atoms with E-state index in [2.05, 4.69) is 20.6 Å². The van der Waals surface area contributed by atoms with Gasteiger partial charge < -0.3 is 5.32 Å². The van der Waals surface area contributed by atoms with Crippen LogP contribution in [0.4, 0.5) is 5.13 Å². The van der Waals surface area contributed by atoms with E-state index in [0.717, 1.165) is 27.4 Å². The molecule has 2 aromatic heterocycles. The molecule has 0 aliphatic carbocycles. The maximum absolute atomic E-state index is 12.8. The van der Waals surface area contributed by atoms with E-state index in [1.54, 1.807) is 0 Å². The summed E-state index contributed by atoms with van der Waals surface area (Å²) < 4.78 is 0. The summed E-state index contributed by atoms with van der Waals surface area (Å²) in [5.74, 6) is -0.264. The first-order valence-electron chi connectivity index (χ1n) is 9.63. The Hall–Kier alpha value is -3.36. The minimum atomic E-state index is -0.205. The molecule has 4 rings (SSSR count). The molecule has 0 saturated carbocycles. The maximum atomic E-state index is 12.8. The number of thiazole rings is 2. The minimum absolute atomic E-state index is 0.0592. The highest BCUT2D eigenvalue weighted by Gasteiger charge is 2.17. The van der Waals surface area contributed by atoms with Crippen LogP contribution in [-0.2, 0) is 11.3 Å². The van der Waals surface area contributed by atoms with Crippen LogP contribution in [0.15, 0.2) is 60.0 Å². The van der Waals surface area contributed by atoms with Crippen LogP contribution in [0.5, 0.6) is 0 Å². The Bertz CT molecular complexity index is 1210. The molecule has 0 aliphatic heterocycles. The molecule has 2 N–H and O–H groups in total. The van der Waals surface area contributed by atoms with Crippen molar-refractivity contribution in [3.63, 3.8) is 0 Å². The van der Waals surface area contributed by atoms with Gasteiger partial charge in [-0.2, -0.15) is 0 Å². The summed E-state index contributed by atoms with van der Waals surface area (Å²) in [5.41, 5.74) is 4.44. The van der Waals surface area contributed by atoms with E-state index in [1.807, 2.05) is 66.9 Å². The zero-order chi connectivity index (χ0) is 21.8. The largest absolute Gasteiger partial charge is 0.352 e. The normalized spacial score (nSPS) is 10.6. The van der Waals surface area contributed by atoms with Crippen LogP contribution in [0.1, 0.15) is 27.9 Å². The number of nitrogens with one attached hydrogen (secondary N) is 2. The second kappa shape index (κ2) is 9.20. The van der Waals surface area contributed by atoms with Gasteiger partial charge in [-0.05, 0) is 12.5 Å². The van der Waals surface area contributed by atoms with Gasteiger partial charge >= 0.3 is 0 Å². The molecule has 31 heavy (non-hydrogen) atoms. The van der Waals surface area contributed by atoms with Crippen molar-refractivity contribution in [2.75, 3.05) is 5.32 Å². The second-order valence-electron chi connectivity index (χ2n) is 6.90. The fourth-order valence-electron chi connectivity index (χ4n) is 2.95. The molecular weight excluding hydrogens is 428 g/mol. The quantitative estimate of drug-likeness (QED) is 0.428. The third-order valence-electron chi connectivity index (χ3n) is 4.54. The van der Waals surface area contributed by atoms with Crippen LogP contribution in [0.3, 0.4) is 0 Å². The topological polar surface area (TPSA) is 84.0 Å². The van der Waals surface area contributed by atoms with Crippen LogP contribution in [0.2, 0.25) is 0 Å². The molecule has 0 bridgehead atoms. The Balaban J connectivity index is 1.45. The fraction of sp³-hybridized carbons (Fsp3) is 0.130. The van der Waals surface area contributed by atoms with E-state index in [-0.39, 0.29) is 11.8 Å². The molecule has 0 spiro atoms. The summed E-state index contributed by atoms with van der Waals surface area (Å²) in [5, 5.41) is 8.93. The number of carbonyl (C=O) groups is 2. The van der Waals surface area contributed by atoms with E-state index >= 15 is 0 Å². The first kappa shape index (κ1) is 20.9. The van der Waals surface area contributed by atoms with Crippen molar-refractivity contribution in [1.82, 2.24) is 15.3 Å². The van der Waals surface area contributed by atoms with Gasteiger partial charge in [-0.25, -0.2) is 9.97 Å². The van der Waals surface area contributed by atoms with Gasteiger partial charge in [0.15, 0.2) is 5.13 Å². The molecule has 2 aromatic carbocycles. The molecule has 0 saturated heterocycles. The van der Waals surface area contributed by atoms with Gasteiger partial charge in [0.2, 0.25) is 5.91 Å². The van der Waals surface area contributed by atoms with Gasteiger partial charge in [0, 0.05) is 30.0 Å². The molecule has 4 aromatic rings. The zero-order valence-electron chi connectivity index (χ0n) is 17.0. The molecular formula is C23H20N4O2S2. The van der Waals surface area contributed by atoms with Crippen LogP contribution in [0, 0.1) is 6.92 Å².